The molecule has 2 N–H and O–H groups in total. The maximum Gasteiger partial charge on any atom is 0.240 e. The Morgan fingerprint density at radius 1 is 1.20 bits per heavy atom. The Morgan fingerprint density at radius 2 is 1.97 bits per heavy atom. The van der Waals surface area contributed by atoms with Crippen LogP contribution >= 0.6 is 11.3 Å². The number of thiazole rings is 1. The first-order valence-electron chi connectivity index (χ1n) is 10.8. The van der Waals surface area contributed by atoms with Crippen LogP contribution < -0.4 is 10.6 Å². The lowest BCUT2D eigenvalue weighted by molar-refractivity contribution is -0.123. The summed E-state index contributed by atoms with van der Waals surface area (Å²) in [6.07, 6.45) is 5.20. The predicted octanol–water partition coefficient (Wildman–Crippen LogP) is 4.39. The number of anilines is 2. The summed E-state index contributed by atoms with van der Waals surface area (Å²) in [5.41, 5.74) is 3.09. The molecule has 2 heterocycles. The molecule has 30 heavy (non-hydrogen) atoms. The molecule has 1 aliphatic rings. The Kier molecular flexibility index (Phi) is 7.99. The molecule has 1 aromatic heterocycles. The highest BCUT2D eigenvalue weighted by molar-refractivity contribution is 7.15. The lowest BCUT2D eigenvalue weighted by Gasteiger charge is -2.31. The Bertz CT molecular complexity index is 843. The molecule has 2 amide bonds. The van der Waals surface area contributed by atoms with Crippen LogP contribution in [0.25, 0.3) is 0 Å². The van der Waals surface area contributed by atoms with Gasteiger partial charge in [-0.1, -0.05) is 25.5 Å². The first-order chi connectivity index (χ1) is 14.4. The fourth-order valence-corrected chi connectivity index (χ4v) is 4.51. The Hall–Kier alpha value is -2.25. The number of likely N-dealkylation sites (tertiary alicyclic amines) is 1. The second-order valence-corrected chi connectivity index (χ2v) is 9.28. The summed E-state index contributed by atoms with van der Waals surface area (Å²) in [5.74, 6) is -0.143. The van der Waals surface area contributed by atoms with Crippen LogP contribution in [-0.2, 0) is 16.0 Å². The van der Waals surface area contributed by atoms with Crippen molar-refractivity contribution in [2.45, 2.75) is 52.9 Å². The smallest absolute Gasteiger partial charge is 0.240 e. The van der Waals surface area contributed by atoms with Crippen LogP contribution in [0.5, 0.6) is 0 Å². The number of aryl methyl sites for hydroxylation is 3. The average molecular weight is 429 g/mol. The van der Waals surface area contributed by atoms with Gasteiger partial charge in [0.05, 0.1) is 18.2 Å². The second-order valence-electron chi connectivity index (χ2n) is 8.07. The number of benzene rings is 1. The minimum atomic E-state index is -0.101. The normalized spacial score (nSPS) is 17.0. The highest BCUT2D eigenvalue weighted by Crippen LogP contribution is 2.22. The SMILES string of the molecule is CCCCc1ccc(NC(=O)C2CCCN(CC(=O)Nc3nc(C)c(C)s3)C2)cc1. The van der Waals surface area contributed by atoms with Crippen LogP contribution in [0.3, 0.4) is 0 Å². The zero-order valence-electron chi connectivity index (χ0n) is 18.2. The van der Waals surface area contributed by atoms with Crippen LogP contribution in [0.4, 0.5) is 10.8 Å². The Morgan fingerprint density at radius 3 is 2.63 bits per heavy atom. The van der Waals surface area contributed by atoms with Gasteiger partial charge in [0.2, 0.25) is 11.8 Å². The van der Waals surface area contributed by atoms with Crippen molar-refractivity contribution in [3.63, 3.8) is 0 Å². The first kappa shape index (κ1) is 22.4. The molecule has 0 saturated carbocycles. The monoisotopic (exact) mass is 428 g/mol. The van der Waals surface area contributed by atoms with Gasteiger partial charge in [-0.05, 0) is 63.8 Å². The van der Waals surface area contributed by atoms with Gasteiger partial charge in [-0.25, -0.2) is 4.98 Å². The number of nitrogens with zero attached hydrogens (tertiary/aromatic N) is 2. The number of amides is 2. The molecule has 1 aliphatic heterocycles. The zero-order chi connectivity index (χ0) is 21.5. The van der Waals surface area contributed by atoms with Crippen molar-refractivity contribution in [1.29, 1.82) is 0 Å². The van der Waals surface area contributed by atoms with E-state index in [1.54, 1.807) is 0 Å². The number of nitrogens with one attached hydrogen (secondary N) is 2. The topological polar surface area (TPSA) is 74.3 Å². The third-order valence-electron chi connectivity index (χ3n) is 5.56. The van der Waals surface area contributed by atoms with Crippen LogP contribution in [0.2, 0.25) is 0 Å². The third-order valence-corrected chi connectivity index (χ3v) is 6.55. The number of unbranched alkanes of at least 4 members (excludes halogenated alkanes) is 1. The maximum atomic E-state index is 12.7. The van der Waals surface area contributed by atoms with E-state index in [0.717, 1.165) is 42.1 Å². The lowest BCUT2D eigenvalue weighted by atomic mass is 9.97. The van der Waals surface area contributed by atoms with E-state index in [1.807, 2.05) is 26.0 Å². The highest BCUT2D eigenvalue weighted by atomic mass is 32.1. The van der Waals surface area contributed by atoms with Crippen molar-refractivity contribution in [2.24, 2.45) is 5.92 Å². The second kappa shape index (κ2) is 10.7. The molecule has 2 aromatic rings. The molecule has 6 nitrogen and oxygen atoms in total. The van der Waals surface area contributed by atoms with Gasteiger partial charge in [0.1, 0.15) is 0 Å². The zero-order valence-corrected chi connectivity index (χ0v) is 19.0. The number of piperidine rings is 1. The molecule has 0 bridgehead atoms. The van der Waals surface area contributed by atoms with E-state index in [-0.39, 0.29) is 24.3 Å². The maximum absolute atomic E-state index is 12.7. The van der Waals surface area contributed by atoms with Crippen molar-refractivity contribution in [3.8, 4) is 0 Å². The van der Waals surface area contributed by atoms with Crippen LogP contribution in [0, 0.1) is 19.8 Å². The lowest BCUT2D eigenvalue weighted by Crippen LogP contribution is -2.43. The van der Waals surface area contributed by atoms with E-state index in [0.29, 0.717) is 11.7 Å². The van der Waals surface area contributed by atoms with Gasteiger partial charge < -0.3 is 10.6 Å². The molecule has 1 aromatic carbocycles. The fourth-order valence-electron chi connectivity index (χ4n) is 3.68. The number of hydrogen-bond acceptors (Lipinski definition) is 5. The molecule has 162 valence electrons. The molecular formula is C23H32N4O2S. The van der Waals surface area contributed by atoms with Gasteiger partial charge in [-0.3, -0.25) is 14.5 Å². The number of aromatic nitrogens is 1. The molecule has 1 atom stereocenters. The molecular weight excluding hydrogens is 396 g/mol. The van der Waals surface area contributed by atoms with Gasteiger partial charge in [0.25, 0.3) is 0 Å². The number of hydrogen-bond donors (Lipinski definition) is 2. The third kappa shape index (κ3) is 6.37. The molecule has 0 radical (unpaired) electrons. The molecule has 3 rings (SSSR count). The van der Waals surface area contributed by atoms with Crippen molar-refractivity contribution in [3.05, 3.63) is 40.4 Å². The van der Waals surface area contributed by atoms with E-state index < -0.39 is 0 Å². The molecule has 7 heteroatoms. The Labute approximate surface area is 183 Å². The number of rotatable bonds is 8. The van der Waals surface area contributed by atoms with Crippen LogP contribution in [-0.4, -0.2) is 41.3 Å². The summed E-state index contributed by atoms with van der Waals surface area (Å²) < 4.78 is 0. The van der Waals surface area contributed by atoms with E-state index >= 15 is 0 Å². The van der Waals surface area contributed by atoms with E-state index in [1.165, 1.54) is 29.7 Å². The summed E-state index contributed by atoms with van der Waals surface area (Å²) in [5, 5.41) is 6.57. The average Bonchev–Trinajstić information content (AvgIpc) is 3.04. The van der Waals surface area contributed by atoms with Gasteiger partial charge in [-0.15, -0.1) is 11.3 Å². The largest absolute Gasteiger partial charge is 0.326 e. The fraction of sp³-hybridized carbons (Fsp3) is 0.522. The summed E-state index contributed by atoms with van der Waals surface area (Å²) in [6.45, 7) is 7.84. The molecule has 1 fully saturated rings. The minimum Gasteiger partial charge on any atom is -0.326 e. The quantitative estimate of drug-likeness (QED) is 0.654. The van der Waals surface area contributed by atoms with Crippen molar-refractivity contribution in [2.75, 3.05) is 30.3 Å². The number of carbonyl (C=O) groups is 2. The Balaban J connectivity index is 1.48. The summed E-state index contributed by atoms with van der Waals surface area (Å²) in [6, 6.07) is 8.14. The van der Waals surface area contributed by atoms with Gasteiger partial charge in [0, 0.05) is 17.1 Å². The summed E-state index contributed by atoms with van der Waals surface area (Å²) in [7, 11) is 0. The van der Waals surface area contributed by atoms with Crippen LogP contribution in [0.1, 0.15) is 48.7 Å². The standard InChI is InChI=1S/C23H32N4O2S/c1-4-5-7-18-9-11-20(12-10-18)25-22(29)19-8-6-13-27(14-19)15-21(28)26-23-24-16(2)17(3)30-23/h9-12,19H,4-8,13-15H2,1-3H3,(H,25,29)(H,24,26,28). The molecule has 0 aliphatic carbocycles. The van der Waals surface area contributed by atoms with E-state index in [4.69, 9.17) is 0 Å². The predicted molar refractivity (Wildman–Crippen MR) is 123 cm³/mol. The summed E-state index contributed by atoms with van der Waals surface area (Å²) >= 11 is 1.49. The molecule has 1 unspecified atom stereocenters. The highest BCUT2D eigenvalue weighted by Gasteiger charge is 2.27. The molecule has 1 saturated heterocycles. The van der Waals surface area contributed by atoms with Crippen molar-refractivity contribution < 1.29 is 9.59 Å². The van der Waals surface area contributed by atoms with Crippen molar-refractivity contribution >= 4 is 34.0 Å². The minimum absolute atomic E-state index is 0.0348. The van der Waals surface area contributed by atoms with Crippen LogP contribution in [0.15, 0.2) is 24.3 Å². The van der Waals surface area contributed by atoms with Crippen molar-refractivity contribution in [1.82, 2.24) is 9.88 Å². The van der Waals surface area contributed by atoms with Gasteiger partial charge >= 0.3 is 0 Å². The van der Waals surface area contributed by atoms with Gasteiger partial charge in [0.15, 0.2) is 5.13 Å². The number of carbonyl (C=O) groups excluding carboxylic acids is 2. The van der Waals surface area contributed by atoms with Gasteiger partial charge in [-0.2, -0.15) is 0 Å². The van der Waals surface area contributed by atoms with E-state index in [2.05, 4.69) is 39.6 Å². The first-order valence-corrected chi connectivity index (χ1v) is 11.6. The van der Waals surface area contributed by atoms with E-state index in [9.17, 15) is 9.59 Å². The molecule has 0 spiro atoms. The summed E-state index contributed by atoms with van der Waals surface area (Å²) in [4.78, 5) is 32.7.